The molecule has 29 heavy (non-hydrogen) atoms. The maximum Gasteiger partial charge on any atom is 0.416 e. The molecule has 2 aromatic carbocycles. The minimum atomic E-state index is -4.46. The summed E-state index contributed by atoms with van der Waals surface area (Å²) < 4.78 is 43.5. The first-order valence-electron chi connectivity index (χ1n) is 8.43. The molecule has 0 radical (unpaired) electrons. The van der Waals surface area contributed by atoms with Crippen molar-refractivity contribution in [3.8, 4) is 11.4 Å². The van der Waals surface area contributed by atoms with Crippen LogP contribution in [0.5, 0.6) is 0 Å². The predicted molar refractivity (Wildman–Crippen MR) is 101 cm³/mol. The lowest BCUT2D eigenvalue weighted by molar-refractivity contribution is -0.137. The van der Waals surface area contributed by atoms with Crippen LogP contribution in [0.2, 0.25) is 10.0 Å². The van der Waals surface area contributed by atoms with Crippen LogP contribution in [0, 0.1) is 0 Å². The number of nitrogens with one attached hydrogen (secondary N) is 1. The van der Waals surface area contributed by atoms with E-state index in [9.17, 15) is 18.0 Å². The van der Waals surface area contributed by atoms with E-state index in [1.807, 2.05) is 0 Å². The van der Waals surface area contributed by atoms with Crippen molar-refractivity contribution >= 4 is 29.1 Å². The van der Waals surface area contributed by atoms with Gasteiger partial charge in [0.15, 0.2) is 0 Å². The first-order valence-corrected chi connectivity index (χ1v) is 9.19. The van der Waals surface area contributed by atoms with Gasteiger partial charge in [0.05, 0.1) is 5.56 Å². The van der Waals surface area contributed by atoms with Crippen LogP contribution in [0.3, 0.4) is 0 Å². The summed E-state index contributed by atoms with van der Waals surface area (Å²) in [6.07, 6.45) is -4.25. The molecule has 5 nitrogen and oxygen atoms in total. The fourth-order valence-electron chi connectivity index (χ4n) is 2.48. The lowest BCUT2D eigenvalue weighted by Gasteiger charge is -2.07. The van der Waals surface area contributed by atoms with Crippen LogP contribution in [0.25, 0.3) is 11.4 Å². The summed E-state index contributed by atoms with van der Waals surface area (Å²) in [5, 5.41) is 7.34. The maximum atomic E-state index is 12.8. The van der Waals surface area contributed by atoms with Gasteiger partial charge >= 0.3 is 6.18 Å². The third kappa shape index (κ3) is 5.71. The number of benzene rings is 2. The molecule has 3 rings (SSSR count). The number of aromatic nitrogens is 2. The van der Waals surface area contributed by atoms with Gasteiger partial charge in [0.25, 0.3) is 0 Å². The number of hydrogen-bond acceptors (Lipinski definition) is 4. The van der Waals surface area contributed by atoms with Crippen molar-refractivity contribution in [3.63, 3.8) is 0 Å². The Morgan fingerprint density at radius 1 is 1.14 bits per heavy atom. The second-order valence-electron chi connectivity index (χ2n) is 6.10. The Bertz CT molecular complexity index is 1020. The van der Waals surface area contributed by atoms with Crippen LogP contribution in [0.15, 0.2) is 47.0 Å². The summed E-state index contributed by atoms with van der Waals surface area (Å²) in [4.78, 5) is 16.1. The van der Waals surface area contributed by atoms with Crippen LogP contribution in [-0.2, 0) is 23.9 Å². The quantitative estimate of drug-likeness (QED) is 0.560. The third-order valence-electron chi connectivity index (χ3n) is 3.97. The minimum absolute atomic E-state index is 0.0273. The molecule has 0 fully saturated rings. The molecule has 1 aromatic heterocycles. The van der Waals surface area contributed by atoms with E-state index in [2.05, 4.69) is 15.5 Å². The average Bonchev–Trinajstić information content (AvgIpc) is 3.14. The van der Waals surface area contributed by atoms with Gasteiger partial charge < -0.3 is 9.84 Å². The first kappa shape index (κ1) is 21.1. The molecule has 1 heterocycles. The second-order valence-corrected chi connectivity index (χ2v) is 6.95. The van der Waals surface area contributed by atoms with Gasteiger partial charge in [-0.25, -0.2) is 0 Å². The summed E-state index contributed by atoms with van der Waals surface area (Å²) in [5.74, 6) is -0.0913. The number of nitrogens with zero attached hydrogens (tertiary/aromatic N) is 2. The zero-order valence-electron chi connectivity index (χ0n) is 14.8. The van der Waals surface area contributed by atoms with Crippen molar-refractivity contribution in [1.82, 2.24) is 15.5 Å². The lowest BCUT2D eigenvalue weighted by atomic mass is 10.1. The predicted octanol–water partition coefficient (Wildman–Crippen LogP) is 5.31. The number of carbonyl (C=O) groups is 1. The van der Waals surface area contributed by atoms with Crippen molar-refractivity contribution < 1.29 is 22.5 Å². The molecule has 152 valence electrons. The van der Waals surface area contributed by atoms with Crippen LogP contribution >= 0.6 is 23.2 Å². The molecular weight excluding hydrogens is 430 g/mol. The summed E-state index contributed by atoms with van der Waals surface area (Å²) in [7, 11) is 0. The number of carbonyl (C=O) groups excluding carboxylic acids is 1. The molecular formula is C19H14Cl2F3N3O2. The van der Waals surface area contributed by atoms with E-state index in [1.54, 1.807) is 18.2 Å². The zero-order chi connectivity index (χ0) is 21.0. The molecule has 0 aliphatic carbocycles. The third-order valence-corrected chi connectivity index (χ3v) is 4.56. The van der Waals surface area contributed by atoms with E-state index in [0.717, 1.165) is 12.1 Å². The summed E-state index contributed by atoms with van der Waals surface area (Å²) >= 11 is 11.9. The highest BCUT2D eigenvalue weighted by Crippen LogP contribution is 2.31. The number of aryl methyl sites for hydroxylation is 1. The van der Waals surface area contributed by atoms with Gasteiger partial charge in [-0.2, -0.15) is 18.2 Å². The highest BCUT2D eigenvalue weighted by Gasteiger charge is 2.30. The molecule has 10 heteroatoms. The number of rotatable bonds is 6. The smallest absolute Gasteiger partial charge is 0.352 e. The molecule has 0 saturated carbocycles. The second kappa shape index (κ2) is 8.84. The van der Waals surface area contributed by atoms with Crippen molar-refractivity contribution in [2.24, 2.45) is 0 Å². The van der Waals surface area contributed by atoms with Crippen molar-refractivity contribution in [2.45, 2.75) is 25.6 Å². The van der Waals surface area contributed by atoms with E-state index in [-0.39, 0.29) is 42.6 Å². The molecule has 0 aliphatic rings. The Balaban J connectivity index is 1.56. The van der Waals surface area contributed by atoms with Gasteiger partial charge in [0, 0.05) is 35.0 Å². The summed E-state index contributed by atoms with van der Waals surface area (Å²) in [6.45, 7) is 0.230. The van der Waals surface area contributed by atoms with E-state index in [4.69, 9.17) is 27.7 Å². The Morgan fingerprint density at radius 3 is 2.66 bits per heavy atom. The standard InChI is InChI=1S/C19H14Cl2F3N3O2/c20-14-5-4-12(15(21)9-14)10-25-16(28)6-7-17-26-18(27-29-17)11-2-1-3-13(8-11)19(22,23)24/h1-5,8-9H,6-7,10H2,(H,25,28). The van der Waals surface area contributed by atoms with Crippen LogP contribution < -0.4 is 5.32 Å². The minimum Gasteiger partial charge on any atom is -0.352 e. The highest BCUT2D eigenvalue weighted by molar-refractivity contribution is 6.35. The fraction of sp³-hybridized carbons (Fsp3) is 0.211. The fourth-order valence-corrected chi connectivity index (χ4v) is 2.95. The lowest BCUT2D eigenvalue weighted by Crippen LogP contribution is -2.23. The molecule has 0 unspecified atom stereocenters. The zero-order valence-corrected chi connectivity index (χ0v) is 16.3. The summed E-state index contributed by atoms with van der Waals surface area (Å²) in [6, 6.07) is 9.58. The van der Waals surface area contributed by atoms with Gasteiger partial charge in [0.2, 0.25) is 17.6 Å². The van der Waals surface area contributed by atoms with Crippen molar-refractivity contribution in [2.75, 3.05) is 0 Å². The summed E-state index contributed by atoms with van der Waals surface area (Å²) in [5.41, 5.74) is 0.0901. The Morgan fingerprint density at radius 2 is 1.93 bits per heavy atom. The van der Waals surface area contributed by atoms with Gasteiger partial charge in [-0.1, -0.05) is 46.6 Å². The van der Waals surface area contributed by atoms with Crippen molar-refractivity contribution in [3.05, 3.63) is 69.5 Å². The Labute approximate surface area is 173 Å². The number of alkyl halides is 3. The van der Waals surface area contributed by atoms with Gasteiger partial charge in [0.1, 0.15) is 0 Å². The molecule has 3 aromatic rings. The highest BCUT2D eigenvalue weighted by atomic mass is 35.5. The molecule has 0 spiro atoms. The normalized spacial score (nSPS) is 11.5. The monoisotopic (exact) mass is 443 g/mol. The van der Waals surface area contributed by atoms with Gasteiger partial charge in [-0.15, -0.1) is 0 Å². The molecule has 0 atom stereocenters. The van der Waals surface area contributed by atoms with Crippen LogP contribution in [-0.4, -0.2) is 16.0 Å². The largest absolute Gasteiger partial charge is 0.416 e. The molecule has 0 aliphatic heterocycles. The van der Waals surface area contributed by atoms with E-state index >= 15 is 0 Å². The van der Waals surface area contributed by atoms with E-state index < -0.39 is 11.7 Å². The average molecular weight is 444 g/mol. The number of halogens is 5. The number of amides is 1. The van der Waals surface area contributed by atoms with Gasteiger partial charge in [-0.3, -0.25) is 4.79 Å². The molecule has 1 amide bonds. The van der Waals surface area contributed by atoms with E-state index in [0.29, 0.717) is 15.6 Å². The maximum absolute atomic E-state index is 12.8. The molecule has 1 N–H and O–H groups in total. The SMILES string of the molecule is O=C(CCc1nc(-c2cccc(C(F)(F)F)c2)no1)NCc1ccc(Cl)cc1Cl. The number of hydrogen-bond donors (Lipinski definition) is 1. The molecule has 0 bridgehead atoms. The molecule has 0 saturated heterocycles. The van der Waals surface area contributed by atoms with Gasteiger partial charge in [-0.05, 0) is 29.8 Å². The Kier molecular flexibility index (Phi) is 6.44. The van der Waals surface area contributed by atoms with Crippen LogP contribution in [0.4, 0.5) is 13.2 Å². The topological polar surface area (TPSA) is 68.0 Å². The Hall–Kier alpha value is -2.58. The van der Waals surface area contributed by atoms with E-state index in [1.165, 1.54) is 12.1 Å². The van der Waals surface area contributed by atoms with Crippen molar-refractivity contribution in [1.29, 1.82) is 0 Å². The first-order chi connectivity index (χ1) is 13.7. The van der Waals surface area contributed by atoms with Crippen LogP contribution in [0.1, 0.15) is 23.4 Å².